The number of H-pyrrole nitrogens is 1. The monoisotopic (exact) mass is 175 g/mol. The molecule has 6 nitrogen and oxygen atoms in total. The van der Waals surface area contributed by atoms with Gasteiger partial charge in [-0.25, -0.2) is 9.89 Å². The van der Waals surface area contributed by atoms with Crippen molar-refractivity contribution in [1.29, 1.82) is 0 Å². The minimum Gasteiger partial charge on any atom is -0.287 e. The van der Waals surface area contributed by atoms with Gasteiger partial charge in [0.2, 0.25) is 0 Å². The zero-order chi connectivity index (χ0) is 8.27. The van der Waals surface area contributed by atoms with Gasteiger partial charge in [-0.15, -0.1) is 0 Å². The zero-order valence-corrected chi connectivity index (χ0v) is 6.88. The first-order chi connectivity index (χ1) is 5.20. The Kier molecular flexibility index (Phi) is 2.66. The van der Waals surface area contributed by atoms with Crippen LogP contribution in [0.25, 0.3) is 0 Å². The molecule has 0 amide bonds. The molecule has 1 unspecified atom stereocenters. The smallest absolute Gasteiger partial charge is 0.287 e. The second kappa shape index (κ2) is 3.54. The summed E-state index contributed by atoms with van der Waals surface area (Å²) in [6.07, 6.45) is 0. The van der Waals surface area contributed by atoms with E-state index in [1.165, 1.54) is 4.68 Å². The van der Waals surface area contributed by atoms with E-state index in [4.69, 9.17) is 0 Å². The normalized spacial score (nSPS) is 13.3. The number of rotatable bonds is 3. The van der Waals surface area contributed by atoms with Crippen LogP contribution >= 0.6 is 12.6 Å². The van der Waals surface area contributed by atoms with Gasteiger partial charge in [0.05, 0.1) is 6.67 Å². The van der Waals surface area contributed by atoms with Crippen molar-refractivity contribution in [2.24, 2.45) is 0 Å². The van der Waals surface area contributed by atoms with Gasteiger partial charge in [0.25, 0.3) is 0 Å². The molecule has 1 aromatic rings. The fourth-order valence-electron chi connectivity index (χ4n) is 0.539. The highest BCUT2D eigenvalue weighted by Gasteiger charge is 1.98. The molecule has 0 saturated carbocycles. The molecule has 7 heteroatoms. The maximum atomic E-state index is 10.7. The number of hydrogen-bond acceptors (Lipinski definition) is 5. The third kappa shape index (κ3) is 2.35. The third-order valence-corrected chi connectivity index (χ3v) is 1.25. The molecule has 0 saturated heterocycles. The van der Waals surface area contributed by atoms with E-state index in [9.17, 15) is 4.79 Å². The van der Waals surface area contributed by atoms with Crippen molar-refractivity contribution >= 4 is 12.6 Å². The van der Waals surface area contributed by atoms with Crippen LogP contribution in [0.4, 0.5) is 0 Å². The van der Waals surface area contributed by atoms with E-state index in [1.54, 1.807) is 0 Å². The van der Waals surface area contributed by atoms with Gasteiger partial charge >= 0.3 is 5.69 Å². The lowest BCUT2D eigenvalue weighted by molar-refractivity contribution is 0.487. The van der Waals surface area contributed by atoms with E-state index < -0.39 is 0 Å². The molecule has 0 bridgehead atoms. The third-order valence-electron chi connectivity index (χ3n) is 1.07. The molecule has 62 valence electrons. The first kappa shape index (κ1) is 8.28. The Labute approximate surface area is 68.4 Å². The van der Waals surface area contributed by atoms with Gasteiger partial charge in [0.15, 0.2) is 0 Å². The fourth-order valence-corrected chi connectivity index (χ4v) is 0.621. The summed E-state index contributed by atoms with van der Waals surface area (Å²) in [4.78, 5) is 10.7. The SMILES string of the molecule is CC(S)NCn1nn[nH]c1=O. The summed E-state index contributed by atoms with van der Waals surface area (Å²) in [7, 11) is 0. The highest BCUT2D eigenvalue weighted by molar-refractivity contribution is 7.80. The van der Waals surface area contributed by atoms with Crippen molar-refractivity contribution in [2.45, 2.75) is 19.0 Å². The molecule has 11 heavy (non-hydrogen) atoms. The standard InChI is InChI=1S/C4H9N5OS/c1-3(11)5-2-9-4(10)6-7-8-9/h3,5,11H,2H2,1H3,(H,6,8,10). The summed E-state index contributed by atoms with van der Waals surface area (Å²) in [5.74, 6) is 0. The average molecular weight is 175 g/mol. The minimum atomic E-state index is -0.327. The number of aromatic nitrogens is 4. The van der Waals surface area contributed by atoms with Crippen molar-refractivity contribution in [1.82, 2.24) is 25.5 Å². The number of nitrogens with one attached hydrogen (secondary N) is 2. The first-order valence-electron chi connectivity index (χ1n) is 3.10. The van der Waals surface area contributed by atoms with Crippen LogP contribution in [0.15, 0.2) is 4.79 Å². The maximum absolute atomic E-state index is 10.7. The molecule has 1 atom stereocenters. The highest BCUT2D eigenvalue weighted by Crippen LogP contribution is 1.83. The Hall–Kier alpha value is -0.820. The summed E-state index contributed by atoms with van der Waals surface area (Å²) in [6.45, 7) is 2.17. The van der Waals surface area contributed by atoms with Crippen LogP contribution in [0, 0.1) is 0 Å². The Balaban J connectivity index is 2.51. The van der Waals surface area contributed by atoms with E-state index in [-0.39, 0.29) is 11.1 Å². The van der Waals surface area contributed by atoms with E-state index in [2.05, 4.69) is 33.5 Å². The predicted molar refractivity (Wildman–Crippen MR) is 42.2 cm³/mol. The summed E-state index contributed by atoms with van der Waals surface area (Å²) in [6, 6.07) is 0. The molecule has 0 radical (unpaired) electrons. The van der Waals surface area contributed by atoms with E-state index in [0.29, 0.717) is 6.67 Å². The maximum Gasteiger partial charge on any atom is 0.362 e. The van der Waals surface area contributed by atoms with Crippen LogP contribution in [0.3, 0.4) is 0 Å². The zero-order valence-electron chi connectivity index (χ0n) is 5.98. The lowest BCUT2D eigenvalue weighted by Gasteiger charge is -2.04. The van der Waals surface area contributed by atoms with Gasteiger partial charge in [-0.2, -0.15) is 17.3 Å². The number of nitrogens with zero attached hydrogens (tertiary/aromatic N) is 3. The molecule has 0 aliphatic heterocycles. The van der Waals surface area contributed by atoms with E-state index >= 15 is 0 Å². The molecule has 1 heterocycles. The second-order valence-electron chi connectivity index (χ2n) is 2.04. The first-order valence-corrected chi connectivity index (χ1v) is 3.61. The quantitative estimate of drug-likeness (QED) is 0.398. The lowest BCUT2D eigenvalue weighted by Crippen LogP contribution is -2.30. The summed E-state index contributed by atoms with van der Waals surface area (Å²) < 4.78 is 1.17. The van der Waals surface area contributed by atoms with Crippen LogP contribution < -0.4 is 11.0 Å². The van der Waals surface area contributed by atoms with E-state index in [0.717, 1.165) is 0 Å². The number of tetrazole rings is 1. The van der Waals surface area contributed by atoms with Crippen molar-refractivity contribution in [3.8, 4) is 0 Å². The molecule has 0 aromatic carbocycles. The van der Waals surface area contributed by atoms with Gasteiger partial charge in [0, 0.05) is 5.37 Å². The number of thiol groups is 1. The van der Waals surface area contributed by atoms with Gasteiger partial charge < -0.3 is 0 Å². The molecular weight excluding hydrogens is 166 g/mol. The van der Waals surface area contributed by atoms with Crippen LogP contribution in [0.1, 0.15) is 6.92 Å². The molecule has 0 aliphatic rings. The largest absolute Gasteiger partial charge is 0.362 e. The number of aromatic amines is 1. The molecule has 1 rings (SSSR count). The Morgan fingerprint density at radius 1 is 1.91 bits per heavy atom. The van der Waals surface area contributed by atoms with Gasteiger partial charge in [-0.05, 0) is 17.4 Å². The van der Waals surface area contributed by atoms with Crippen molar-refractivity contribution < 1.29 is 0 Å². The Bertz CT molecular complexity index is 265. The summed E-state index contributed by atoms with van der Waals surface area (Å²) in [5, 5.41) is 11.9. The van der Waals surface area contributed by atoms with Crippen molar-refractivity contribution in [3.05, 3.63) is 10.5 Å². The molecule has 0 aliphatic carbocycles. The Morgan fingerprint density at radius 2 is 2.64 bits per heavy atom. The van der Waals surface area contributed by atoms with Crippen LogP contribution in [0.2, 0.25) is 0 Å². The summed E-state index contributed by atoms with van der Waals surface area (Å²) in [5.41, 5.74) is -0.327. The Morgan fingerprint density at radius 3 is 3.09 bits per heavy atom. The van der Waals surface area contributed by atoms with E-state index in [1.807, 2.05) is 6.92 Å². The average Bonchev–Trinajstić information content (AvgIpc) is 2.31. The highest BCUT2D eigenvalue weighted by atomic mass is 32.1. The van der Waals surface area contributed by atoms with Gasteiger partial charge in [-0.3, -0.25) is 5.32 Å². The molecular formula is C4H9N5OS. The topological polar surface area (TPSA) is 75.6 Å². The second-order valence-corrected chi connectivity index (χ2v) is 2.82. The predicted octanol–water partition coefficient (Wildman–Crippen LogP) is -1.21. The van der Waals surface area contributed by atoms with Crippen molar-refractivity contribution in [2.75, 3.05) is 0 Å². The van der Waals surface area contributed by atoms with Crippen LogP contribution in [-0.2, 0) is 6.67 Å². The lowest BCUT2D eigenvalue weighted by atomic mass is 10.7. The van der Waals surface area contributed by atoms with Crippen LogP contribution in [-0.4, -0.2) is 25.6 Å². The molecule has 2 N–H and O–H groups in total. The fraction of sp³-hybridized carbons (Fsp3) is 0.750. The van der Waals surface area contributed by atoms with Gasteiger partial charge in [0.1, 0.15) is 0 Å². The molecule has 0 fully saturated rings. The molecule has 0 spiro atoms. The number of hydrogen-bond donors (Lipinski definition) is 3. The minimum absolute atomic E-state index is 0.0265. The van der Waals surface area contributed by atoms with Gasteiger partial charge in [-0.1, -0.05) is 0 Å². The van der Waals surface area contributed by atoms with Crippen molar-refractivity contribution in [3.63, 3.8) is 0 Å². The summed E-state index contributed by atoms with van der Waals surface area (Å²) >= 11 is 4.06. The molecule has 1 aromatic heterocycles. The van der Waals surface area contributed by atoms with Crippen LogP contribution in [0.5, 0.6) is 0 Å².